The summed E-state index contributed by atoms with van der Waals surface area (Å²) in [7, 11) is 0. The highest BCUT2D eigenvalue weighted by Gasteiger charge is 2.43. The molecule has 2 aromatic rings. The van der Waals surface area contributed by atoms with E-state index in [9.17, 15) is 22.4 Å². The van der Waals surface area contributed by atoms with E-state index >= 15 is 0 Å². The van der Waals surface area contributed by atoms with Crippen molar-refractivity contribution in [2.24, 2.45) is 5.10 Å². The maximum atomic E-state index is 13.7. The zero-order chi connectivity index (χ0) is 21.3. The minimum Gasteiger partial charge on any atom is -0.481 e. The predicted molar refractivity (Wildman–Crippen MR) is 102 cm³/mol. The molecule has 29 heavy (non-hydrogen) atoms. The fourth-order valence-corrected chi connectivity index (χ4v) is 3.35. The van der Waals surface area contributed by atoms with E-state index in [0.717, 1.165) is 5.01 Å². The molecule has 1 aliphatic heterocycles. The Balaban J connectivity index is 1.83. The first-order valence-electron chi connectivity index (χ1n) is 8.44. The van der Waals surface area contributed by atoms with Crippen LogP contribution in [0, 0.1) is 12.7 Å². The highest BCUT2D eigenvalue weighted by molar-refractivity contribution is 9.10. The molecule has 1 N–H and O–H groups in total. The highest BCUT2D eigenvalue weighted by Crippen LogP contribution is 2.35. The number of carbonyl (C=O) groups is 1. The molecule has 0 aliphatic carbocycles. The van der Waals surface area contributed by atoms with Crippen LogP contribution in [-0.2, 0) is 4.79 Å². The minimum absolute atomic E-state index is 0.292. The zero-order valence-corrected chi connectivity index (χ0v) is 16.6. The van der Waals surface area contributed by atoms with Crippen molar-refractivity contribution in [2.75, 3.05) is 5.01 Å². The molecule has 0 spiro atoms. The third-order valence-corrected chi connectivity index (χ3v) is 4.90. The van der Waals surface area contributed by atoms with Crippen LogP contribution in [0.4, 0.5) is 23.2 Å². The number of hydrazone groups is 1. The van der Waals surface area contributed by atoms with Crippen LogP contribution in [0.25, 0.3) is 0 Å². The van der Waals surface area contributed by atoms with Crippen molar-refractivity contribution in [1.82, 2.24) is 0 Å². The van der Waals surface area contributed by atoms with Crippen molar-refractivity contribution in [1.29, 1.82) is 0 Å². The lowest BCUT2D eigenvalue weighted by atomic mass is 10.1. The van der Waals surface area contributed by atoms with Gasteiger partial charge in [-0.25, -0.2) is 4.39 Å². The Morgan fingerprint density at radius 2 is 1.97 bits per heavy atom. The number of benzene rings is 2. The summed E-state index contributed by atoms with van der Waals surface area (Å²) < 4.78 is 58.7. The molecule has 5 nitrogen and oxygen atoms in total. The number of aryl methyl sites for hydroxylation is 1. The molecule has 0 saturated carbocycles. The number of halogens is 5. The third kappa shape index (κ3) is 4.87. The number of ether oxygens (including phenoxy) is 1. The maximum Gasteiger partial charge on any atom is 0.431 e. The summed E-state index contributed by atoms with van der Waals surface area (Å²) in [6.07, 6.45) is -5.62. The summed E-state index contributed by atoms with van der Waals surface area (Å²) in [5, 5.41) is 13.6. The molecule has 0 radical (unpaired) electrons. The second kappa shape index (κ2) is 8.02. The van der Waals surface area contributed by atoms with Gasteiger partial charge in [0.15, 0.2) is 0 Å². The lowest BCUT2D eigenvalue weighted by Gasteiger charge is -2.22. The topological polar surface area (TPSA) is 62.1 Å². The van der Waals surface area contributed by atoms with Crippen LogP contribution in [0.5, 0.6) is 11.5 Å². The fourth-order valence-electron chi connectivity index (χ4n) is 2.90. The van der Waals surface area contributed by atoms with E-state index in [2.05, 4.69) is 21.0 Å². The second-order valence-electron chi connectivity index (χ2n) is 6.47. The number of hydrogen-bond acceptors (Lipinski definition) is 4. The molecular weight excluding hydrogens is 460 g/mol. The Hall–Kier alpha value is -2.62. The summed E-state index contributed by atoms with van der Waals surface area (Å²) in [6.45, 7) is 1.74. The minimum atomic E-state index is -4.63. The van der Waals surface area contributed by atoms with E-state index in [1.165, 1.54) is 30.3 Å². The van der Waals surface area contributed by atoms with Crippen LogP contribution in [-0.4, -0.2) is 29.0 Å². The van der Waals surface area contributed by atoms with Crippen LogP contribution in [0.2, 0.25) is 0 Å². The molecule has 2 aromatic carbocycles. The Labute approximate surface area is 171 Å². The smallest absolute Gasteiger partial charge is 0.431 e. The van der Waals surface area contributed by atoms with Gasteiger partial charge < -0.3 is 9.84 Å². The molecule has 0 saturated heterocycles. The van der Waals surface area contributed by atoms with Crippen molar-refractivity contribution in [3.63, 3.8) is 0 Å². The number of rotatable bonds is 5. The van der Waals surface area contributed by atoms with Crippen LogP contribution in [0.15, 0.2) is 46.0 Å². The number of carboxylic acid groups (broad SMARTS) is 1. The van der Waals surface area contributed by atoms with E-state index in [1.54, 1.807) is 13.0 Å². The average molecular weight is 475 g/mol. The van der Waals surface area contributed by atoms with E-state index in [-0.39, 0.29) is 0 Å². The molecule has 0 aromatic heterocycles. The van der Waals surface area contributed by atoms with Gasteiger partial charge >= 0.3 is 12.1 Å². The van der Waals surface area contributed by atoms with Gasteiger partial charge in [-0.1, -0.05) is 0 Å². The van der Waals surface area contributed by atoms with Gasteiger partial charge in [0, 0.05) is 12.5 Å². The number of carboxylic acids is 1. The lowest BCUT2D eigenvalue weighted by molar-refractivity contribution is -0.137. The number of alkyl halides is 3. The summed E-state index contributed by atoms with van der Waals surface area (Å²) >= 11 is 3.08. The number of hydrogen-bond donors (Lipinski definition) is 1. The number of anilines is 1. The monoisotopic (exact) mass is 474 g/mol. The molecule has 1 heterocycles. The molecule has 1 atom stereocenters. The van der Waals surface area contributed by atoms with Crippen LogP contribution in [0.3, 0.4) is 0 Å². The van der Waals surface area contributed by atoms with Gasteiger partial charge in [-0.15, -0.1) is 0 Å². The summed E-state index contributed by atoms with van der Waals surface area (Å²) in [5.74, 6) is -1.08. The first-order valence-corrected chi connectivity index (χ1v) is 9.23. The van der Waals surface area contributed by atoms with Crippen molar-refractivity contribution >= 4 is 33.3 Å². The van der Waals surface area contributed by atoms with Gasteiger partial charge in [0.05, 0.1) is 22.6 Å². The molecular formula is C19H15BrF4N2O3. The largest absolute Gasteiger partial charge is 0.481 e. The highest BCUT2D eigenvalue weighted by atomic mass is 79.9. The van der Waals surface area contributed by atoms with Crippen molar-refractivity contribution < 1.29 is 32.2 Å². The first-order chi connectivity index (χ1) is 13.5. The lowest BCUT2D eigenvalue weighted by Crippen LogP contribution is -2.29. The third-order valence-electron chi connectivity index (χ3n) is 4.29. The van der Waals surface area contributed by atoms with Crippen molar-refractivity contribution in [3.05, 3.63) is 52.3 Å². The van der Waals surface area contributed by atoms with Crippen molar-refractivity contribution in [3.8, 4) is 11.5 Å². The second-order valence-corrected chi connectivity index (χ2v) is 7.33. The van der Waals surface area contributed by atoms with Gasteiger partial charge in [0.25, 0.3) is 0 Å². The maximum absolute atomic E-state index is 13.7. The number of aliphatic carboxylic acids is 1. The SMILES string of the molecule is Cc1cc(Br)c(F)cc1Oc1ccc(N2N=C(C(F)(F)F)CC2CC(=O)O)cc1. The Morgan fingerprint density at radius 1 is 1.31 bits per heavy atom. The Bertz CT molecular complexity index is 961. The van der Waals surface area contributed by atoms with Crippen LogP contribution >= 0.6 is 15.9 Å². The molecule has 0 amide bonds. The van der Waals surface area contributed by atoms with Gasteiger partial charge in [-0.05, 0) is 58.7 Å². The summed E-state index contributed by atoms with van der Waals surface area (Å²) in [4.78, 5) is 11.0. The molecule has 154 valence electrons. The van der Waals surface area contributed by atoms with Gasteiger partial charge in [0.1, 0.15) is 23.0 Å². The molecule has 3 rings (SSSR count). The van der Waals surface area contributed by atoms with E-state index < -0.39 is 42.6 Å². The quantitative estimate of drug-likeness (QED) is 0.567. The zero-order valence-electron chi connectivity index (χ0n) is 15.0. The standard InChI is InChI=1S/C19H15BrF4N2O3/c1-10-6-14(20)15(21)9-16(10)29-13-4-2-11(3-5-13)26-12(8-18(27)28)7-17(25-26)19(22,23)24/h2-6,9,12H,7-8H2,1H3,(H,27,28). The first kappa shape index (κ1) is 21.1. The van der Waals surface area contributed by atoms with Crippen molar-refractivity contribution in [2.45, 2.75) is 32.0 Å². The molecule has 10 heteroatoms. The van der Waals surface area contributed by atoms with Crippen LogP contribution in [0.1, 0.15) is 18.4 Å². The van der Waals surface area contributed by atoms with E-state index in [0.29, 0.717) is 27.2 Å². The molecule has 1 unspecified atom stereocenters. The van der Waals surface area contributed by atoms with E-state index in [1.807, 2.05) is 0 Å². The van der Waals surface area contributed by atoms with Crippen LogP contribution < -0.4 is 9.75 Å². The average Bonchev–Trinajstić information content (AvgIpc) is 3.04. The molecule has 0 fully saturated rings. The van der Waals surface area contributed by atoms with Gasteiger partial charge in [-0.2, -0.15) is 18.3 Å². The number of nitrogens with zero attached hydrogens (tertiary/aromatic N) is 2. The van der Waals surface area contributed by atoms with Gasteiger partial charge in [-0.3, -0.25) is 9.80 Å². The predicted octanol–water partition coefficient (Wildman–Crippen LogP) is 5.66. The van der Waals surface area contributed by atoms with Gasteiger partial charge in [0.2, 0.25) is 0 Å². The normalized spacial score (nSPS) is 16.7. The Morgan fingerprint density at radius 3 is 2.55 bits per heavy atom. The fraction of sp³-hybridized carbons (Fsp3) is 0.263. The van der Waals surface area contributed by atoms with E-state index in [4.69, 9.17) is 9.84 Å². The molecule has 0 bridgehead atoms. The summed E-state index contributed by atoms with van der Waals surface area (Å²) in [5.41, 5.74) is -0.0468. The molecule has 1 aliphatic rings. The summed E-state index contributed by atoms with van der Waals surface area (Å²) in [6, 6.07) is 7.76. The Kier molecular flexibility index (Phi) is 5.83.